The van der Waals surface area contributed by atoms with Gasteiger partial charge in [-0.2, -0.15) is 4.89 Å². The minimum Gasteiger partial charge on any atom is -0.465 e. The molecule has 0 saturated carbocycles. The van der Waals surface area contributed by atoms with E-state index in [2.05, 4.69) is 9.78 Å². The van der Waals surface area contributed by atoms with Crippen LogP contribution in [0.1, 0.15) is 26.2 Å². The Morgan fingerprint density at radius 3 is 2.76 bits per heavy atom. The zero-order valence-corrected chi connectivity index (χ0v) is 10.2. The molecule has 0 aliphatic heterocycles. The predicted octanol–water partition coefficient (Wildman–Crippen LogP) is 1.63. The summed E-state index contributed by atoms with van der Waals surface area (Å²) in [5.41, 5.74) is 0. The summed E-state index contributed by atoms with van der Waals surface area (Å²) in [6.45, 7) is 2.30. The Labute approximate surface area is 101 Å². The second kappa shape index (κ2) is 7.06. The summed E-state index contributed by atoms with van der Waals surface area (Å²) in [7, 11) is 1.26. The van der Waals surface area contributed by atoms with Crippen LogP contribution in [0.5, 0.6) is 0 Å². The molecule has 1 rings (SSSR count). The SMILES string of the molecule is CCCOC(=O)C1CCC=CC1C(=O)OOC. The average Bonchev–Trinajstić information content (AvgIpc) is 2.36. The van der Waals surface area contributed by atoms with Crippen LogP contribution in [0.15, 0.2) is 12.2 Å². The molecule has 5 heteroatoms. The van der Waals surface area contributed by atoms with Crippen LogP contribution < -0.4 is 0 Å². The van der Waals surface area contributed by atoms with E-state index < -0.39 is 17.8 Å². The molecule has 0 radical (unpaired) electrons. The number of allylic oxidation sites excluding steroid dienone is 1. The van der Waals surface area contributed by atoms with Gasteiger partial charge in [-0.1, -0.05) is 19.1 Å². The highest BCUT2D eigenvalue weighted by molar-refractivity contribution is 5.83. The summed E-state index contributed by atoms with van der Waals surface area (Å²) in [5.74, 6) is -1.96. The first kappa shape index (κ1) is 13.7. The smallest absolute Gasteiger partial charge is 0.349 e. The van der Waals surface area contributed by atoms with E-state index in [-0.39, 0.29) is 5.97 Å². The number of carbonyl (C=O) groups is 2. The lowest BCUT2D eigenvalue weighted by Crippen LogP contribution is -2.33. The minimum absolute atomic E-state index is 0.339. The molecule has 2 atom stereocenters. The van der Waals surface area contributed by atoms with Gasteiger partial charge in [-0.15, -0.1) is 0 Å². The Bertz CT molecular complexity index is 297. The van der Waals surface area contributed by atoms with Crippen LogP contribution in [0.2, 0.25) is 0 Å². The van der Waals surface area contributed by atoms with Gasteiger partial charge >= 0.3 is 11.9 Å². The number of carbonyl (C=O) groups excluding carboxylic acids is 2. The second-order valence-electron chi connectivity index (χ2n) is 3.87. The van der Waals surface area contributed by atoms with Crippen LogP contribution in [-0.4, -0.2) is 25.7 Å². The van der Waals surface area contributed by atoms with E-state index in [1.54, 1.807) is 6.08 Å². The van der Waals surface area contributed by atoms with Crippen molar-refractivity contribution in [3.63, 3.8) is 0 Å². The highest BCUT2D eigenvalue weighted by Gasteiger charge is 2.36. The van der Waals surface area contributed by atoms with Crippen molar-refractivity contribution in [1.82, 2.24) is 0 Å². The molecule has 1 aliphatic carbocycles. The molecular formula is C12H18O5. The number of hydrogen-bond donors (Lipinski definition) is 0. The van der Waals surface area contributed by atoms with Crippen molar-refractivity contribution in [2.24, 2.45) is 11.8 Å². The molecule has 0 saturated heterocycles. The summed E-state index contributed by atoms with van der Waals surface area (Å²) >= 11 is 0. The third-order valence-corrected chi connectivity index (χ3v) is 2.61. The van der Waals surface area contributed by atoms with Crippen molar-refractivity contribution in [2.45, 2.75) is 26.2 Å². The summed E-state index contributed by atoms with van der Waals surface area (Å²) in [6.07, 6.45) is 5.68. The first-order valence-corrected chi connectivity index (χ1v) is 5.78. The predicted molar refractivity (Wildman–Crippen MR) is 59.7 cm³/mol. The van der Waals surface area contributed by atoms with Crippen LogP contribution in [0.25, 0.3) is 0 Å². The number of hydrogen-bond acceptors (Lipinski definition) is 5. The van der Waals surface area contributed by atoms with Crippen LogP contribution in [0, 0.1) is 11.8 Å². The number of ether oxygens (including phenoxy) is 1. The zero-order chi connectivity index (χ0) is 12.7. The van der Waals surface area contributed by atoms with Gasteiger partial charge in [0.05, 0.1) is 25.6 Å². The lowest BCUT2D eigenvalue weighted by Gasteiger charge is -2.23. The fourth-order valence-corrected chi connectivity index (χ4v) is 1.79. The third kappa shape index (κ3) is 3.85. The quantitative estimate of drug-likeness (QED) is 0.317. The van der Waals surface area contributed by atoms with E-state index in [1.165, 1.54) is 7.11 Å². The number of esters is 1. The van der Waals surface area contributed by atoms with Gasteiger partial charge in [-0.3, -0.25) is 9.68 Å². The highest BCUT2D eigenvalue weighted by Crippen LogP contribution is 2.27. The summed E-state index contributed by atoms with van der Waals surface area (Å²) < 4.78 is 5.07. The molecule has 1 aliphatic rings. The lowest BCUT2D eigenvalue weighted by molar-refractivity contribution is -0.259. The fourth-order valence-electron chi connectivity index (χ4n) is 1.79. The maximum atomic E-state index is 11.8. The molecule has 0 heterocycles. The fraction of sp³-hybridized carbons (Fsp3) is 0.667. The van der Waals surface area contributed by atoms with E-state index in [9.17, 15) is 9.59 Å². The van der Waals surface area contributed by atoms with Gasteiger partial charge in [0.1, 0.15) is 0 Å². The molecule has 0 N–H and O–H groups in total. The van der Waals surface area contributed by atoms with Gasteiger partial charge in [0.15, 0.2) is 0 Å². The third-order valence-electron chi connectivity index (χ3n) is 2.61. The van der Waals surface area contributed by atoms with Crippen LogP contribution in [0.3, 0.4) is 0 Å². The van der Waals surface area contributed by atoms with E-state index >= 15 is 0 Å². The monoisotopic (exact) mass is 242 g/mol. The zero-order valence-electron chi connectivity index (χ0n) is 10.2. The number of rotatable bonds is 5. The van der Waals surface area contributed by atoms with Gasteiger partial charge in [0.25, 0.3) is 0 Å². The molecule has 0 bridgehead atoms. The summed E-state index contributed by atoms with van der Waals surface area (Å²) in [6, 6.07) is 0. The largest absolute Gasteiger partial charge is 0.465 e. The van der Waals surface area contributed by atoms with Crippen molar-refractivity contribution in [2.75, 3.05) is 13.7 Å². The molecule has 0 spiro atoms. The van der Waals surface area contributed by atoms with Crippen LogP contribution in [-0.2, 0) is 24.1 Å². The Hall–Kier alpha value is -1.36. The average molecular weight is 242 g/mol. The van der Waals surface area contributed by atoms with E-state index in [4.69, 9.17) is 4.74 Å². The van der Waals surface area contributed by atoms with Crippen molar-refractivity contribution >= 4 is 11.9 Å². The van der Waals surface area contributed by atoms with Crippen molar-refractivity contribution in [1.29, 1.82) is 0 Å². The van der Waals surface area contributed by atoms with Gasteiger partial charge in [0, 0.05) is 0 Å². The first-order chi connectivity index (χ1) is 8.20. The van der Waals surface area contributed by atoms with E-state index in [0.29, 0.717) is 13.0 Å². The molecule has 17 heavy (non-hydrogen) atoms. The summed E-state index contributed by atoms with van der Waals surface area (Å²) in [4.78, 5) is 32.2. The summed E-state index contributed by atoms with van der Waals surface area (Å²) in [5, 5.41) is 0. The maximum absolute atomic E-state index is 11.8. The molecule has 2 unspecified atom stereocenters. The molecule has 96 valence electrons. The normalized spacial score (nSPS) is 23.2. The van der Waals surface area contributed by atoms with Gasteiger partial charge in [-0.05, 0) is 19.3 Å². The first-order valence-electron chi connectivity index (χ1n) is 5.78. The van der Waals surface area contributed by atoms with Crippen molar-refractivity contribution in [3.05, 3.63) is 12.2 Å². The van der Waals surface area contributed by atoms with Crippen LogP contribution >= 0.6 is 0 Å². The molecule has 0 aromatic heterocycles. The maximum Gasteiger partial charge on any atom is 0.349 e. The molecule has 0 fully saturated rings. The van der Waals surface area contributed by atoms with E-state index in [1.807, 2.05) is 13.0 Å². The molecule has 0 amide bonds. The van der Waals surface area contributed by atoms with Crippen LogP contribution in [0.4, 0.5) is 0 Å². The topological polar surface area (TPSA) is 61.8 Å². The lowest BCUT2D eigenvalue weighted by atomic mass is 9.84. The molecule has 0 aromatic rings. The molecule has 5 nitrogen and oxygen atoms in total. The van der Waals surface area contributed by atoms with Gasteiger partial charge in [0.2, 0.25) is 0 Å². The van der Waals surface area contributed by atoms with Crippen molar-refractivity contribution < 1.29 is 24.1 Å². The highest BCUT2D eigenvalue weighted by atomic mass is 17.2. The minimum atomic E-state index is -0.604. The molecular weight excluding hydrogens is 224 g/mol. The Kier molecular flexibility index (Phi) is 5.69. The standard InChI is InChI=1S/C12H18O5/c1-3-8-16-11(13)9-6-4-5-7-10(9)12(14)17-15-2/h5,7,9-10H,3-4,6,8H2,1-2H3. The van der Waals surface area contributed by atoms with Gasteiger partial charge in [-0.25, -0.2) is 4.79 Å². The Morgan fingerprint density at radius 2 is 2.12 bits per heavy atom. The Morgan fingerprint density at radius 1 is 1.35 bits per heavy atom. The van der Waals surface area contributed by atoms with E-state index in [0.717, 1.165) is 12.8 Å². The second-order valence-corrected chi connectivity index (χ2v) is 3.87. The molecule has 0 aromatic carbocycles. The van der Waals surface area contributed by atoms with Gasteiger partial charge < -0.3 is 4.74 Å². The van der Waals surface area contributed by atoms with Crippen molar-refractivity contribution in [3.8, 4) is 0 Å². The Balaban J connectivity index is 2.64.